The number of hydrogen-bond acceptors (Lipinski definition) is 6. The summed E-state index contributed by atoms with van der Waals surface area (Å²) in [6.07, 6.45) is 1.44. The molecular formula is C16H17FN2O6S. The van der Waals surface area contributed by atoms with Crippen molar-refractivity contribution in [3.05, 3.63) is 53.7 Å². The van der Waals surface area contributed by atoms with E-state index in [1.807, 2.05) is 0 Å². The van der Waals surface area contributed by atoms with Gasteiger partial charge in [-0.1, -0.05) is 0 Å². The molecule has 0 atom stereocenters. The van der Waals surface area contributed by atoms with Crippen LogP contribution in [0.4, 0.5) is 4.39 Å². The van der Waals surface area contributed by atoms with Gasteiger partial charge in [0.1, 0.15) is 11.6 Å². The Morgan fingerprint density at radius 2 is 2.00 bits per heavy atom. The number of amides is 1. The second kappa shape index (κ2) is 8.11. The number of sulfonamides is 1. The van der Waals surface area contributed by atoms with Crippen molar-refractivity contribution in [1.82, 2.24) is 9.62 Å². The lowest BCUT2D eigenvalue weighted by Gasteiger charge is -2.12. The number of benzene rings is 1. The van der Waals surface area contributed by atoms with Crippen LogP contribution in [0.25, 0.3) is 0 Å². The molecule has 1 N–H and O–H groups in total. The molecule has 1 amide bonds. The van der Waals surface area contributed by atoms with E-state index in [0.29, 0.717) is 5.76 Å². The lowest BCUT2D eigenvalue weighted by atomic mass is 10.2. The molecule has 0 aliphatic carbocycles. The van der Waals surface area contributed by atoms with Crippen LogP contribution in [0.5, 0.6) is 0 Å². The summed E-state index contributed by atoms with van der Waals surface area (Å²) in [6, 6.07) is 6.06. The van der Waals surface area contributed by atoms with Crippen LogP contribution < -0.4 is 5.32 Å². The van der Waals surface area contributed by atoms with Gasteiger partial charge in [-0.3, -0.25) is 4.79 Å². The Bertz CT molecular complexity index is 893. The van der Waals surface area contributed by atoms with Crippen molar-refractivity contribution in [2.45, 2.75) is 11.4 Å². The maximum atomic E-state index is 13.8. The van der Waals surface area contributed by atoms with Crippen molar-refractivity contribution in [3.8, 4) is 0 Å². The molecule has 0 unspecified atom stereocenters. The van der Waals surface area contributed by atoms with E-state index in [-0.39, 0.29) is 11.4 Å². The molecule has 10 heteroatoms. The molecule has 0 aliphatic rings. The zero-order valence-electron chi connectivity index (χ0n) is 14.1. The Kier molecular flexibility index (Phi) is 6.11. The standard InChI is InChI=1S/C16H17FN2O6S/c1-19(2)26(22,23)12-5-6-14(17)13(8-12)16(21)25-10-15(20)18-9-11-4-3-7-24-11/h3-8H,9-10H2,1-2H3,(H,18,20). The van der Waals surface area contributed by atoms with Crippen LogP contribution in [0.1, 0.15) is 16.1 Å². The third-order valence-electron chi connectivity index (χ3n) is 3.31. The van der Waals surface area contributed by atoms with E-state index >= 15 is 0 Å². The molecule has 0 fully saturated rings. The topological polar surface area (TPSA) is 106 Å². The molecule has 1 aromatic carbocycles. The van der Waals surface area contributed by atoms with E-state index in [0.717, 1.165) is 22.5 Å². The van der Waals surface area contributed by atoms with Crippen molar-refractivity contribution in [1.29, 1.82) is 0 Å². The first-order valence-corrected chi connectivity index (χ1v) is 8.84. The van der Waals surface area contributed by atoms with Crippen LogP contribution in [0, 0.1) is 5.82 Å². The Morgan fingerprint density at radius 3 is 2.62 bits per heavy atom. The highest BCUT2D eigenvalue weighted by atomic mass is 32.2. The molecular weight excluding hydrogens is 367 g/mol. The molecule has 0 spiro atoms. The highest BCUT2D eigenvalue weighted by Crippen LogP contribution is 2.18. The summed E-state index contributed by atoms with van der Waals surface area (Å²) in [5, 5.41) is 2.45. The van der Waals surface area contributed by atoms with Crippen molar-refractivity contribution >= 4 is 21.9 Å². The van der Waals surface area contributed by atoms with Gasteiger partial charge in [0.05, 0.1) is 23.3 Å². The third-order valence-corrected chi connectivity index (χ3v) is 5.12. The van der Waals surface area contributed by atoms with Crippen LogP contribution >= 0.6 is 0 Å². The Morgan fingerprint density at radius 1 is 1.27 bits per heavy atom. The zero-order valence-corrected chi connectivity index (χ0v) is 14.9. The number of carbonyl (C=O) groups is 2. The Hall–Kier alpha value is -2.72. The summed E-state index contributed by atoms with van der Waals surface area (Å²) in [5.74, 6) is -2.21. The first-order valence-electron chi connectivity index (χ1n) is 7.40. The number of carbonyl (C=O) groups excluding carboxylic acids is 2. The zero-order chi connectivity index (χ0) is 19.3. The molecule has 2 aromatic rings. The highest BCUT2D eigenvalue weighted by Gasteiger charge is 2.22. The van der Waals surface area contributed by atoms with Crippen LogP contribution in [0.2, 0.25) is 0 Å². The van der Waals surface area contributed by atoms with Crippen molar-refractivity contribution in [2.75, 3.05) is 20.7 Å². The molecule has 2 rings (SSSR count). The molecule has 8 nitrogen and oxygen atoms in total. The summed E-state index contributed by atoms with van der Waals surface area (Å²) in [5.41, 5.74) is -0.577. The number of ether oxygens (including phenoxy) is 1. The number of halogens is 1. The predicted octanol–water partition coefficient (Wildman–Crippen LogP) is 1.14. The second-order valence-electron chi connectivity index (χ2n) is 5.36. The summed E-state index contributed by atoms with van der Waals surface area (Å²) < 4.78 is 48.7. The molecule has 0 bridgehead atoms. The molecule has 0 saturated heterocycles. The smallest absolute Gasteiger partial charge is 0.341 e. The van der Waals surface area contributed by atoms with Crippen LogP contribution in [-0.4, -0.2) is 45.3 Å². The van der Waals surface area contributed by atoms with Gasteiger partial charge in [0.15, 0.2) is 6.61 Å². The highest BCUT2D eigenvalue weighted by molar-refractivity contribution is 7.89. The van der Waals surface area contributed by atoms with E-state index in [1.54, 1.807) is 12.1 Å². The minimum Gasteiger partial charge on any atom is -0.467 e. The van der Waals surface area contributed by atoms with Gasteiger partial charge < -0.3 is 14.5 Å². The minimum atomic E-state index is -3.85. The van der Waals surface area contributed by atoms with Gasteiger partial charge in [0.2, 0.25) is 10.0 Å². The molecule has 140 valence electrons. The van der Waals surface area contributed by atoms with E-state index < -0.39 is 39.9 Å². The van der Waals surface area contributed by atoms with Gasteiger partial charge in [0.25, 0.3) is 5.91 Å². The van der Waals surface area contributed by atoms with E-state index in [1.165, 1.54) is 20.4 Å². The van der Waals surface area contributed by atoms with Crippen molar-refractivity contribution in [2.24, 2.45) is 0 Å². The maximum Gasteiger partial charge on any atom is 0.341 e. The van der Waals surface area contributed by atoms with Crippen LogP contribution in [0.15, 0.2) is 45.9 Å². The number of hydrogen-bond donors (Lipinski definition) is 1. The number of furan rings is 1. The molecule has 0 aliphatic heterocycles. The average molecular weight is 384 g/mol. The average Bonchev–Trinajstić information content (AvgIpc) is 3.11. The summed E-state index contributed by atoms with van der Waals surface area (Å²) in [6.45, 7) is -0.544. The predicted molar refractivity (Wildman–Crippen MR) is 88.1 cm³/mol. The number of nitrogens with zero attached hydrogens (tertiary/aromatic N) is 1. The first-order chi connectivity index (χ1) is 12.2. The van der Waals surface area contributed by atoms with Crippen molar-refractivity contribution in [3.63, 3.8) is 0 Å². The quantitative estimate of drug-likeness (QED) is 0.718. The fourth-order valence-corrected chi connectivity index (χ4v) is 2.82. The molecule has 0 radical (unpaired) electrons. The fourth-order valence-electron chi connectivity index (χ4n) is 1.89. The molecule has 1 aromatic heterocycles. The number of esters is 1. The Balaban J connectivity index is 2.01. The summed E-state index contributed by atoms with van der Waals surface area (Å²) in [4.78, 5) is 23.4. The summed E-state index contributed by atoms with van der Waals surface area (Å²) >= 11 is 0. The van der Waals surface area contributed by atoms with Crippen LogP contribution in [0.3, 0.4) is 0 Å². The maximum absolute atomic E-state index is 13.8. The van der Waals surface area contributed by atoms with Gasteiger partial charge in [-0.25, -0.2) is 21.9 Å². The normalized spacial score (nSPS) is 11.4. The van der Waals surface area contributed by atoms with Crippen molar-refractivity contribution < 1.29 is 31.6 Å². The molecule has 26 heavy (non-hydrogen) atoms. The SMILES string of the molecule is CN(C)S(=O)(=O)c1ccc(F)c(C(=O)OCC(=O)NCc2ccco2)c1. The van der Waals surface area contributed by atoms with E-state index in [4.69, 9.17) is 9.15 Å². The summed E-state index contributed by atoms with van der Waals surface area (Å²) in [7, 11) is -1.23. The van der Waals surface area contributed by atoms with Gasteiger partial charge >= 0.3 is 5.97 Å². The first kappa shape index (κ1) is 19.6. The number of rotatable bonds is 7. The lowest BCUT2D eigenvalue weighted by Crippen LogP contribution is -2.28. The van der Waals surface area contributed by atoms with Gasteiger partial charge in [-0.15, -0.1) is 0 Å². The van der Waals surface area contributed by atoms with Gasteiger partial charge in [-0.05, 0) is 30.3 Å². The van der Waals surface area contributed by atoms with E-state index in [2.05, 4.69) is 5.32 Å². The molecule has 1 heterocycles. The number of nitrogens with one attached hydrogen (secondary N) is 1. The van der Waals surface area contributed by atoms with E-state index in [9.17, 15) is 22.4 Å². The largest absolute Gasteiger partial charge is 0.467 e. The third kappa shape index (κ3) is 4.67. The fraction of sp³-hybridized carbons (Fsp3) is 0.250. The molecule has 0 saturated carbocycles. The van der Waals surface area contributed by atoms with Gasteiger partial charge in [-0.2, -0.15) is 0 Å². The Labute approximate surface area is 149 Å². The minimum absolute atomic E-state index is 0.105. The lowest BCUT2D eigenvalue weighted by molar-refractivity contribution is -0.124. The second-order valence-corrected chi connectivity index (χ2v) is 7.51. The van der Waals surface area contributed by atoms with Crippen LogP contribution in [-0.2, 0) is 26.1 Å². The monoisotopic (exact) mass is 384 g/mol. The van der Waals surface area contributed by atoms with Gasteiger partial charge in [0, 0.05) is 14.1 Å².